The van der Waals surface area contributed by atoms with Crippen molar-refractivity contribution in [1.29, 1.82) is 10.5 Å². The van der Waals surface area contributed by atoms with Crippen LogP contribution in [0.5, 0.6) is 0 Å². The molecule has 0 unspecified atom stereocenters. The SMILES string of the molecule is COC1(C#N)C=CC(C#N)(OC)C=C1. The van der Waals surface area contributed by atoms with Gasteiger partial charge in [-0.3, -0.25) is 0 Å². The van der Waals surface area contributed by atoms with Crippen LogP contribution in [0.15, 0.2) is 24.3 Å². The van der Waals surface area contributed by atoms with E-state index in [9.17, 15) is 0 Å². The zero-order valence-corrected chi connectivity index (χ0v) is 8.02. The van der Waals surface area contributed by atoms with Crippen LogP contribution in [0.25, 0.3) is 0 Å². The minimum Gasteiger partial charge on any atom is -0.356 e. The number of nitriles is 2. The lowest BCUT2D eigenvalue weighted by atomic mass is 9.91. The molecule has 0 radical (unpaired) electrons. The van der Waals surface area contributed by atoms with Crippen LogP contribution in [0.3, 0.4) is 0 Å². The van der Waals surface area contributed by atoms with Gasteiger partial charge in [0.1, 0.15) is 12.1 Å². The molecule has 0 N–H and O–H groups in total. The van der Waals surface area contributed by atoms with Crippen molar-refractivity contribution >= 4 is 0 Å². The molecule has 1 rings (SSSR count). The number of nitrogens with zero attached hydrogens (tertiary/aromatic N) is 2. The number of methoxy groups -OCH3 is 2. The average Bonchev–Trinajstić information content (AvgIpc) is 2.29. The molecule has 0 spiro atoms. The van der Waals surface area contributed by atoms with E-state index in [1.165, 1.54) is 38.5 Å². The normalized spacial score (nSPS) is 34.9. The van der Waals surface area contributed by atoms with Crippen LogP contribution in [-0.2, 0) is 9.47 Å². The molecule has 0 saturated carbocycles. The smallest absolute Gasteiger partial charge is 0.191 e. The quantitative estimate of drug-likeness (QED) is 0.607. The summed E-state index contributed by atoms with van der Waals surface area (Å²) in [5, 5.41) is 17.7. The maximum Gasteiger partial charge on any atom is 0.191 e. The Morgan fingerprint density at radius 1 is 0.857 bits per heavy atom. The van der Waals surface area contributed by atoms with Gasteiger partial charge in [0.05, 0.1) is 0 Å². The fourth-order valence-corrected chi connectivity index (χ4v) is 1.12. The largest absolute Gasteiger partial charge is 0.356 e. The summed E-state index contributed by atoms with van der Waals surface area (Å²) in [6.45, 7) is 0. The van der Waals surface area contributed by atoms with Crippen molar-refractivity contribution in [1.82, 2.24) is 0 Å². The monoisotopic (exact) mass is 190 g/mol. The van der Waals surface area contributed by atoms with Crippen molar-refractivity contribution in [2.24, 2.45) is 0 Å². The van der Waals surface area contributed by atoms with Crippen LogP contribution in [0.4, 0.5) is 0 Å². The van der Waals surface area contributed by atoms with Crippen LogP contribution in [-0.4, -0.2) is 25.4 Å². The van der Waals surface area contributed by atoms with Crippen LogP contribution in [0.1, 0.15) is 0 Å². The lowest BCUT2D eigenvalue weighted by Crippen LogP contribution is -2.34. The van der Waals surface area contributed by atoms with Gasteiger partial charge < -0.3 is 9.47 Å². The average molecular weight is 190 g/mol. The molecule has 0 aliphatic heterocycles. The molecular formula is C10H10N2O2. The second kappa shape index (κ2) is 3.63. The second-order valence-corrected chi connectivity index (χ2v) is 2.88. The first-order valence-electron chi connectivity index (χ1n) is 3.99. The van der Waals surface area contributed by atoms with Gasteiger partial charge in [-0.2, -0.15) is 10.5 Å². The van der Waals surface area contributed by atoms with Crippen LogP contribution in [0, 0.1) is 22.7 Å². The summed E-state index contributed by atoms with van der Waals surface area (Å²) >= 11 is 0. The second-order valence-electron chi connectivity index (χ2n) is 2.88. The molecule has 0 saturated heterocycles. The molecule has 0 bridgehead atoms. The van der Waals surface area contributed by atoms with Crippen molar-refractivity contribution in [3.8, 4) is 12.1 Å². The highest BCUT2D eigenvalue weighted by atomic mass is 16.5. The Kier molecular flexibility index (Phi) is 2.71. The van der Waals surface area contributed by atoms with E-state index in [0.717, 1.165) is 0 Å². The Balaban J connectivity index is 3.01. The van der Waals surface area contributed by atoms with E-state index in [1.54, 1.807) is 0 Å². The molecule has 0 aromatic heterocycles. The van der Waals surface area contributed by atoms with Gasteiger partial charge in [0.15, 0.2) is 11.2 Å². The van der Waals surface area contributed by atoms with Gasteiger partial charge in [0.25, 0.3) is 0 Å². The summed E-state index contributed by atoms with van der Waals surface area (Å²) in [5.74, 6) is 0. The summed E-state index contributed by atoms with van der Waals surface area (Å²) in [4.78, 5) is 0. The Morgan fingerprint density at radius 2 is 1.14 bits per heavy atom. The van der Waals surface area contributed by atoms with Gasteiger partial charge in [-0.15, -0.1) is 0 Å². The summed E-state index contributed by atoms with van der Waals surface area (Å²) in [6.07, 6.45) is 6.05. The van der Waals surface area contributed by atoms with Crippen LogP contribution < -0.4 is 0 Å². The minimum absolute atomic E-state index is 1.07. The molecule has 0 amide bonds. The first-order chi connectivity index (χ1) is 6.66. The number of rotatable bonds is 2. The van der Waals surface area contributed by atoms with Gasteiger partial charge in [-0.25, -0.2) is 0 Å². The number of hydrogen-bond acceptors (Lipinski definition) is 4. The Morgan fingerprint density at radius 3 is 1.29 bits per heavy atom. The molecule has 72 valence electrons. The van der Waals surface area contributed by atoms with Gasteiger partial charge in [0.2, 0.25) is 0 Å². The minimum atomic E-state index is -1.07. The van der Waals surface area contributed by atoms with E-state index in [1.807, 2.05) is 12.1 Å². The highest BCUT2D eigenvalue weighted by Gasteiger charge is 2.33. The molecule has 4 heteroatoms. The summed E-state index contributed by atoms with van der Waals surface area (Å²) in [6, 6.07) is 3.98. The van der Waals surface area contributed by atoms with Gasteiger partial charge in [-0.1, -0.05) is 0 Å². The molecular weight excluding hydrogens is 180 g/mol. The molecule has 4 nitrogen and oxygen atoms in total. The lowest BCUT2D eigenvalue weighted by Gasteiger charge is -2.26. The third kappa shape index (κ3) is 1.54. The summed E-state index contributed by atoms with van der Waals surface area (Å²) in [7, 11) is 2.87. The molecule has 0 aromatic rings. The number of ether oxygens (including phenoxy) is 2. The van der Waals surface area contributed by atoms with Gasteiger partial charge >= 0.3 is 0 Å². The van der Waals surface area contributed by atoms with Crippen molar-refractivity contribution in [2.75, 3.05) is 14.2 Å². The topological polar surface area (TPSA) is 66.0 Å². The van der Waals surface area contributed by atoms with Crippen LogP contribution in [0.2, 0.25) is 0 Å². The molecule has 0 atom stereocenters. The predicted molar refractivity (Wildman–Crippen MR) is 49.0 cm³/mol. The Bertz CT molecular complexity index is 309. The summed E-state index contributed by atoms with van der Waals surface area (Å²) < 4.78 is 10.0. The van der Waals surface area contributed by atoms with E-state index in [-0.39, 0.29) is 0 Å². The van der Waals surface area contributed by atoms with E-state index < -0.39 is 11.2 Å². The molecule has 0 aromatic carbocycles. The fraction of sp³-hybridized carbons (Fsp3) is 0.400. The van der Waals surface area contributed by atoms with Gasteiger partial charge in [-0.05, 0) is 24.3 Å². The molecule has 0 heterocycles. The molecule has 1 aliphatic rings. The third-order valence-corrected chi connectivity index (χ3v) is 2.18. The fourth-order valence-electron chi connectivity index (χ4n) is 1.12. The third-order valence-electron chi connectivity index (χ3n) is 2.18. The number of hydrogen-bond donors (Lipinski definition) is 0. The lowest BCUT2D eigenvalue weighted by molar-refractivity contribution is 0.0935. The Hall–Kier alpha value is -1.62. The van der Waals surface area contributed by atoms with E-state index in [4.69, 9.17) is 20.0 Å². The van der Waals surface area contributed by atoms with Crippen molar-refractivity contribution < 1.29 is 9.47 Å². The standard InChI is InChI=1S/C10H10N2O2/c1-13-9(7-11)3-5-10(8-12,14-2)6-4-9/h3-6H,1-2H3. The molecule has 14 heavy (non-hydrogen) atoms. The van der Waals surface area contributed by atoms with Crippen LogP contribution >= 0.6 is 0 Å². The Labute approximate surface area is 82.7 Å². The van der Waals surface area contributed by atoms with E-state index >= 15 is 0 Å². The first kappa shape index (κ1) is 10.5. The van der Waals surface area contributed by atoms with Crippen molar-refractivity contribution in [3.05, 3.63) is 24.3 Å². The maximum atomic E-state index is 8.86. The van der Waals surface area contributed by atoms with Crippen molar-refractivity contribution in [2.45, 2.75) is 11.2 Å². The van der Waals surface area contributed by atoms with Crippen molar-refractivity contribution in [3.63, 3.8) is 0 Å². The predicted octanol–water partition coefficient (Wildman–Crippen LogP) is 0.930. The first-order valence-corrected chi connectivity index (χ1v) is 3.99. The highest BCUT2D eigenvalue weighted by Crippen LogP contribution is 2.25. The van der Waals surface area contributed by atoms with E-state index in [2.05, 4.69) is 0 Å². The van der Waals surface area contributed by atoms with E-state index in [0.29, 0.717) is 0 Å². The molecule has 1 aliphatic carbocycles. The summed E-state index contributed by atoms with van der Waals surface area (Å²) in [5.41, 5.74) is -2.14. The van der Waals surface area contributed by atoms with Gasteiger partial charge in [0, 0.05) is 14.2 Å². The zero-order chi connectivity index (χ0) is 10.7. The zero-order valence-electron chi connectivity index (χ0n) is 8.02. The highest BCUT2D eigenvalue weighted by molar-refractivity contribution is 5.40. The molecule has 0 fully saturated rings. The maximum absolute atomic E-state index is 8.86.